The molecular weight excluding hydrogens is 280 g/mol. The molecule has 1 atom stereocenters. The van der Waals surface area contributed by atoms with Crippen LogP contribution >= 0.6 is 0 Å². The summed E-state index contributed by atoms with van der Waals surface area (Å²) >= 11 is 0. The van der Waals surface area contributed by atoms with Crippen molar-refractivity contribution in [1.82, 2.24) is 0 Å². The predicted molar refractivity (Wildman–Crippen MR) is 83.1 cm³/mol. The van der Waals surface area contributed by atoms with Gasteiger partial charge in [-0.25, -0.2) is 0 Å². The van der Waals surface area contributed by atoms with Gasteiger partial charge in [0.2, 0.25) is 0 Å². The van der Waals surface area contributed by atoms with E-state index in [0.29, 0.717) is 12.0 Å². The van der Waals surface area contributed by atoms with Gasteiger partial charge in [0.25, 0.3) is 0 Å². The smallest absolute Gasteiger partial charge is 0.314 e. The van der Waals surface area contributed by atoms with Gasteiger partial charge in [0.05, 0.1) is 11.5 Å². The monoisotopic (exact) mass is 298 g/mol. The zero-order valence-corrected chi connectivity index (χ0v) is 12.6. The molecule has 1 N–H and O–H groups in total. The second-order valence-electron chi connectivity index (χ2n) is 5.10. The van der Waals surface area contributed by atoms with Crippen LogP contribution in [0.1, 0.15) is 36.2 Å². The van der Waals surface area contributed by atoms with Gasteiger partial charge < -0.3 is 9.84 Å². The Morgan fingerprint density at radius 1 is 1.14 bits per heavy atom. The van der Waals surface area contributed by atoms with Crippen molar-refractivity contribution in [3.05, 3.63) is 59.7 Å². The van der Waals surface area contributed by atoms with Gasteiger partial charge in [-0.1, -0.05) is 44.2 Å². The van der Waals surface area contributed by atoms with Crippen LogP contribution < -0.4 is 4.74 Å². The number of rotatable bonds is 5. The fourth-order valence-corrected chi connectivity index (χ4v) is 1.90. The van der Waals surface area contributed by atoms with E-state index in [-0.39, 0.29) is 34.7 Å². The van der Waals surface area contributed by atoms with Gasteiger partial charge in [-0.3, -0.25) is 9.59 Å². The Labute approximate surface area is 129 Å². The third kappa shape index (κ3) is 3.52. The molecule has 0 aromatic heterocycles. The second-order valence-corrected chi connectivity index (χ2v) is 5.10. The number of ether oxygens (including phenoxy) is 1. The van der Waals surface area contributed by atoms with E-state index in [1.807, 2.05) is 13.0 Å². The molecule has 0 spiro atoms. The predicted octanol–water partition coefficient (Wildman–Crippen LogP) is 3.57. The average Bonchev–Trinajstić information content (AvgIpc) is 2.54. The van der Waals surface area contributed by atoms with E-state index < -0.39 is 0 Å². The van der Waals surface area contributed by atoms with Gasteiger partial charge >= 0.3 is 5.97 Å². The Balaban J connectivity index is 2.20. The molecule has 0 saturated carbocycles. The Hall–Kier alpha value is -2.62. The summed E-state index contributed by atoms with van der Waals surface area (Å²) in [6.07, 6.45) is 0.676. The van der Waals surface area contributed by atoms with Crippen molar-refractivity contribution in [2.75, 3.05) is 0 Å². The fraction of sp³-hybridized carbons (Fsp3) is 0.222. The number of hydrogen-bond acceptors (Lipinski definition) is 4. The minimum atomic E-state index is -0.357. The molecule has 114 valence electrons. The van der Waals surface area contributed by atoms with E-state index in [1.165, 1.54) is 18.2 Å². The highest BCUT2D eigenvalue weighted by atomic mass is 16.5. The third-order valence-corrected chi connectivity index (χ3v) is 3.48. The van der Waals surface area contributed by atoms with E-state index in [1.54, 1.807) is 31.2 Å². The number of carbonyl (C=O) groups excluding carboxylic acids is 2. The molecule has 0 amide bonds. The summed E-state index contributed by atoms with van der Waals surface area (Å²) in [6, 6.07) is 12.9. The zero-order valence-electron chi connectivity index (χ0n) is 12.6. The van der Waals surface area contributed by atoms with E-state index in [2.05, 4.69) is 0 Å². The van der Waals surface area contributed by atoms with E-state index in [0.717, 1.165) is 0 Å². The normalized spacial score (nSPS) is 11.7. The van der Waals surface area contributed by atoms with Crippen LogP contribution in [0.25, 0.3) is 0 Å². The SMILES string of the molecule is CCC(C)C(=O)Oc1ccc(C(=O)c2ccccc2)c(O)c1. The summed E-state index contributed by atoms with van der Waals surface area (Å²) in [5.74, 6) is -0.828. The van der Waals surface area contributed by atoms with Crippen LogP contribution in [-0.4, -0.2) is 16.9 Å². The van der Waals surface area contributed by atoms with Crippen LogP contribution in [0.2, 0.25) is 0 Å². The standard InChI is InChI=1S/C18H18O4/c1-3-12(2)18(21)22-14-9-10-15(16(19)11-14)17(20)13-7-5-4-6-8-13/h4-12,19H,3H2,1-2H3. The Kier molecular flexibility index (Phi) is 4.94. The van der Waals surface area contributed by atoms with Gasteiger partial charge in [-0.05, 0) is 18.6 Å². The maximum atomic E-state index is 12.3. The number of aromatic hydroxyl groups is 1. The molecule has 4 nitrogen and oxygen atoms in total. The molecule has 0 bridgehead atoms. The number of benzene rings is 2. The molecule has 22 heavy (non-hydrogen) atoms. The van der Waals surface area contributed by atoms with E-state index >= 15 is 0 Å². The summed E-state index contributed by atoms with van der Waals surface area (Å²) in [6.45, 7) is 3.67. The zero-order chi connectivity index (χ0) is 16.1. The van der Waals surface area contributed by atoms with Crippen molar-refractivity contribution in [3.8, 4) is 11.5 Å². The quantitative estimate of drug-likeness (QED) is 0.520. The lowest BCUT2D eigenvalue weighted by Gasteiger charge is -2.10. The molecule has 0 fully saturated rings. The van der Waals surface area contributed by atoms with Crippen LogP contribution in [-0.2, 0) is 4.79 Å². The van der Waals surface area contributed by atoms with Crippen molar-refractivity contribution in [3.63, 3.8) is 0 Å². The third-order valence-electron chi connectivity index (χ3n) is 3.48. The van der Waals surface area contributed by atoms with Crippen molar-refractivity contribution >= 4 is 11.8 Å². The summed E-state index contributed by atoms with van der Waals surface area (Å²) in [7, 11) is 0. The number of phenolic OH excluding ortho intramolecular Hbond substituents is 1. The van der Waals surface area contributed by atoms with Crippen LogP contribution in [0.5, 0.6) is 11.5 Å². The number of phenols is 1. The lowest BCUT2D eigenvalue weighted by Crippen LogP contribution is -2.17. The highest BCUT2D eigenvalue weighted by molar-refractivity contribution is 6.10. The molecule has 2 rings (SSSR count). The number of hydrogen-bond donors (Lipinski definition) is 1. The first kappa shape index (κ1) is 15.8. The molecule has 0 heterocycles. The molecule has 0 radical (unpaired) electrons. The molecular formula is C18H18O4. The molecule has 0 saturated heterocycles. The molecule has 0 aliphatic carbocycles. The van der Waals surface area contributed by atoms with Crippen LogP contribution in [0.15, 0.2) is 48.5 Å². The minimum Gasteiger partial charge on any atom is -0.507 e. The summed E-state index contributed by atoms with van der Waals surface area (Å²) in [5.41, 5.74) is 0.664. The fourth-order valence-electron chi connectivity index (χ4n) is 1.90. The summed E-state index contributed by atoms with van der Waals surface area (Å²) in [4.78, 5) is 24.0. The first-order chi connectivity index (χ1) is 10.5. The lowest BCUT2D eigenvalue weighted by atomic mass is 10.0. The molecule has 0 aliphatic rings. The second kappa shape index (κ2) is 6.89. The van der Waals surface area contributed by atoms with E-state index in [4.69, 9.17) is 4.74 Å². The van der Waals surface area contributed by atoms with Crippen LogP contribution in [0, 0.1) is 5.92 Å². The van der Waals surface area contributed by atoms with Crippen molar-refractivity contribution in [2.45, 2.75) is 20.3 Å². The van der Waals surface area contributed by atoms with E-state index in [9.17, 15) is 14.7 Å². The lowest BCUT2D eigenvalue weighted by molar-refractivity contribution is -0.138. The maximum Gasteiger partial charge on any atom is 0.314 e. The first-order valence-corrected chi connectivity index (χ1v) is 7.17. The van der Waals surface area contributed by atoms with Crippen LogP contribution in [0.4, 0.5) is 0 Å². The molecule has 0 aliphatic heterocycles. The highest BCUT2D eigenvalue weighted by Crippen LogP contribution is 2.26. The topological polar surface area (TPSA) is 63.6 Å². The Morgan fingerprint density at radius 3 is 2.41 bits per heavy atom. The van der Waals surface area contributed by atoms with Crippen LogP contribution in [0.3, 0.4) is 0 Å². The maximum absolute atomic E-state index is 12.3. The van der Waals surface area contributed by atoms with Crippen molar-refractivity contribution < 1.29 is 19.4 Å². The number of carbonyl (C=O) groups is 2. The molecule has 2 aromatic rings. The van der Waals surface area contributed by atoms with Crippen molar-refractivity contribution in [1.29, 1.82) is 0 Å². The molecule has 2 aromatic carbocycles. The average molecular weight is 298 g/mol. The summed E-state index contributed by atoms with van der Waals surface area (Å²) < 4.78 is 5.18. The largest absolute Gasteiger partial charge is 0.507 e. The van der Waals surface area contributed by atoms with Gasteiger partial charge in [0.1, 0.15) is 11.5 Å². The first-order valence-electron chi connectivity index (χ1n) is 7.17. The minimum absolute atomic E-state index is 0.175. The Bertz CT molecular complexity index is 677. The summed E-state index contributed by atoms with van der Waals surface area (Å²) in [5, 5.41) is 10.0. The van der Waals surface area contributed by atoms with Gasteiger partial charge in [-0.2, -0.15) is 0 Å². The van der Waals surface area contributed by atoms with Crippen molar-refractivity contribution in [2.24, 2.45) is 5.92 Å². The highest BCUT2D eigenvalue weighted by Gasteiger charge is 2.17. The number of ketones is 1. The van der Waals surface area contributed by atoms with Gasteiger partial charge in [0.15, 0.2) is 5.78 Å². The molecule has 1 unspecified atom stereocenters. The number of esters is 1. The Morgan fingerprint density at radius 2 is 1.82 bits per heavy atom. The van der Waals surface area contributed by atoms with Gasteiger partial charge in [0, 0.05) is 11.6 Å². The molecule has 4 heteroatoms. The van der Waals surface area contributed by atoms with Gasteiger partial charge in [-0.15, -0.1) is 0 Å².